The number of nitriles is 1. The lowest BCUT2D eigenvalue weighted by Crippen LogP contribution is -2.26. The largest absolute Gasteiger partial charge is 0.490 e. The number of likely N-dealkylation sites (N-methyl/N-ethyl adjacent to an activating group) is 1. The zero-order chi connectivity index (χ0) is 12.3. The summed E-state index contributed by atoms with van der Waals surface area (Å²) >= 11 is 0. The van der Waals surface area contributed by atoms with Crippen molar-refractivity contribution in [2.24, 2.45) is 0 Å². The zero-order valence-corrected chi connectivity index (χ0v) is 10.0. The molecule has 1 fully saturated rings. The number of nitrogens with zero attached hydrogens (tertiary/aromatic N) is 2. The molecule has 0 radical (unpaired) electrons. The molecule has 2 rings (SSSR count). The van der Waals surface area contributed by atoms with E-state index >= 15 is 0 Å². The molecule has 1 aliphatic carbocycles. The summed E-state index contributed by atoms with van der Waals surface area (Å²) in [5.74, 6) is 0.660. The highest BCUT2D eigenvalue weighted by Gasteiger charge is 2.25. The highest BCUT2D eigenvalue weighted by molar-refractivity contribution is 5.56. The Bertz CT molecular complexity index is 435. The summed E-state index contributed by atoms with van der Waals surface area (Å²) in [6, 6.07) is 7.91. The second-order valence-electron chi connectivity index (χ2n) is 4.42. The summed E-state index contributed by atoms with van der Waals surface area (Å²) in [7, 11) is 2.11. The summed E-state index contributed by atoms with van der Waals surface area (Å²) in [5, 5.41) is 8.72. The van der Waals surface area contributed by atoms with E-state index in [0.717, 1.165) is 12.6 Å². The fraction of sp³-hybridized carbons (Fsp3) is 0.462. The minimum atomic E-state index is 0.526. The third-order valence-electron chi connectivity index (χ3n) is 3.01. The van der Waals surface area contributed by atoms with Crippen LogP contribution in [0.2, 0.25) is 0 Å². The minimum absolute atomic E-state index is 0.526. The van der Waals surface area contributed by atoms with Gasteiger partial charge in [-0.05, 0) is 38.1 Å². The van der Waals surface area contributed by atoms with Crippen LogP contribution in [-0.4, -0.2) is 31.1 Å². The van der Waals surface area contributed by atoms with Crippen molar-refractivity contribution in [1.29, 1.82) is 5.26 Å². The average molecular weight is 231 g/mol. The molecule has 4 nitrogen and oxygen atoms in total. The molecule has 90 valence electrons. The molecule has 0 atom stereocenters. The predicted molar refractivity (Wildman–Crippen MR) is 66.7 cm³/mol. The molecular formula is C13H17N3O. The summed E-state index contributed by atoms with van der Waals surface area (Å²) in [6.45, 7) is 1.53. The van der Waals surface area contributed by atoms with Gasteiger partial charge < -0.3 is 15.4 Å². The van der Waals surface area contributed by atoms with E-state index in [1.54, 1.807) is 18.2 Å². The van der Waals surface area contributed by atoms with Crippen molar-refractivity contribution in [2.45, 2.75) is 18.9 Å². The monoisotopic (exact) mass is 231 g/mol. The Morgan fingerprint density at radius 3 is 2.88 bits per heavy atom. The van der Waals surface area contributed by atoms with Gasteiger partial charge in [-0.25, -0.2) is 0 Å². The molecular weight excluding hydrogens is 214 g/mol. The van der Waals surface area contributed by atoms with Gasteiger partial charge in [-0.15, -0.1) is 0 Å². The standard InChI is InChI=1S/C13H17N3O/c1-16(11-3-4-11)6-7-17-13-5-2-10(9-14)8-12(13)15/h2,5,8,11H,3-4,6-7,15H2,1H3. The van der Waals surface area contributed by atoms with Crippen molar-refractivity contribution in [3.8, 4) is 11.8 Å². The van der Waals surface area contributed by atoms with Crippen molar-refractivity contribution >= 4 is 5.69 Å². The Morgan fingerprint density at radius 2 is 2.29 bits per heavy atom. The third-order valence-corrected chi connectivity index (χ3v) is 3.01. The van der Waals surface area contributed by atoms with Crippen LogP contribution in [0.15, 0.2) is 18.2 Å². The van der Waals surface area contributed by atoms with Crippen LogP contribution in [0.5, 0.6) is 5.75 Å². The second kappa shape index (κ2) is 5.07. The van der Waals surface area contributed by atoms with Gasteiger partial charge in [0.1, 0.15) is 12.4 Å². The molecule has 1 aromatic rings. The number of hydrogen-bond donors (Lipinski definition) is 1. The number of ether oxygens (including phenoxy) is 1. The minimum Gasteiger partial charge on any atom is -0.490 e. The summed E-state index contributed by atoms with van der Waals surface area (Å²) in [4.78, 5) is 2.31. The number of hydrogen-bond acceptors (Lipinski definition) is 4. The van der Waals surface area contributed by atoms with Gasteiger partial charge in [0.2, 0.25) is 0 Å². The quantitative estimate of drug-likeness (QED) is 0.782. The summed E-state index contributed by atoms with van der Waals surface area (Å²) in [5.41, 5.74) is 6.88. The van der Waals surface area contributed by atoms with Crippen molar-refractivity contribution in [3.05, 3.63) is 23.8 Å². The third kappa shape index (κ3) is 3.11. The van der Waals surface area contributed by atoms with E-state index in [0.29, 0.717) is 23.6 Å². The molecule has 4 heteroatoms. The highest BCUT2D eigenvalue weighted by Crippen LogP contribution is 2.25. The first-order valence-corrected chi connectivity index (χ1v) is 5.83. The van der Waals surface area contributed by atoms with Crippen molar-refractivity contribution < 1.29 is 4.74 Å². The molecule has 1 aliphatic rings. The van der Waals surface area contributed by atoms with Crippen molar-refractivity contribution in [2.75, 3.05) is 25.9 Å². The molecule has 0 aromatic heterocycles. The number of nitrogens with two attached hydrogens (primary N) is 1. The molecule has 0 bridgehead atoms. The first kappa shape index (κ1) is 11.7. The van der Waals surface area contributed by atoms with Crippen LogP contribution in [0.4, 0.5) is 5.69 Å². The SMILES string of the molecule is CN(CCOc1ccc(C#N)cc1N)C1CC1. The Balaban J connectivity index is 1.84. The van der Waals surface area contributed by atoms with Crippen LogP contribution in [0.25, 0.3) is 0 Å². The number of anilines is 1. The summed E-state index contributed by atoms with van der Waals surface area (Å²) < 4.78 is 5.61. The molecule has 0 aliphatic heterocycles. The van der Waals surface area contributed by atoms with E-state index in [4.69, 9.17) is 15.7 Å². The Labute approximate surface area is 102 Å². The first-order valence-electron chi connectivity index (χ1n) is 5.83. The lowest BCUT2D eigenvalue weighted by atomic mass is 10.2. The van der Waals surface area contributed by atoms with E-state index in [2.05, 4.69) is 11.9 Å². The van der Waals surface area contributed by atoms with Gasteiger partial charge in [0, 0.05) is 12.6 Å². The molecule has 17 heavy (non-hydrogen) atoms. The van der Waals surface area contributed by atoms with Gasteiger partial charge in [-0.2, -0.15) is 5.26 Å². The maximum atomic E-state index is 8.72. The van der Waals surface area contributed by atoms with Crippen molar-refractivity contribution in [1.82, 2.24) is 4.90 Å². The molecule has 2 N–H and O–H groups in total. The van der Waals surface area contributed by atoms with E-state index in [1.807, 2.05) is 6.07 Å². The zero-order valence-electron chi connectivity index (χ0n) is 10.0. The summed E-state index contributed by atoms with van der Waals surface area (Å²) in [6.07, 6.45) is 2.60. The fourth-order valence-electron chi connectivity index (χ4n) is 1.75. The smallest absolute Gasteiger partial charge is 0.142 e. The molecule has 0 amide bonds. The van der Waals surface area contributed by atoms with Crippen molar-refractivity contribution in [3.63, 3.8) is 0 Å². The van der Waals surface area contributed by atoms with Gasteiger partial charge in [-0.3, -0.25) is 0 Å². The van der Waals surface area contributed by atoms with Crippen LogP contribution in [0, 0.1) is 11.3 Å². The first-order chi connectivity index (χ1) is 8.20. The molecule has 0 saturated heterocycles. The number of benzene rings is 1. The maximum absolute atomic E-state index is 8.72. The normalized spacial score (nSPS) is 14.6. The molecule has 1 aromatic carbocycles. The number of rotatable bonds is 5. The molecule has 0 unspecified atom stereocenters. The molecule has 1 saturated carbocycles. The lowest BCUT2D eigenvalue weighted by Gasteiger charge is -2.16. The Kier molecular flexibility index (Phi) is 3.50. The average Bonchev–Trinajstić information content (AvgIpc) is 3.15. The van der Waals surface area contributed by atoms with Crippen LogP contribution in [-0.2, 0) is 0 Å². The van der Waals surface area contributed by atoms with Gasteiger partial charge in [0.15, 0.2) is 0 Å². The van der Waals surface area contributed by atoms with Gasteiger partial charge in [0.05, 0.1) is 17.3 Å². The van der Waals surface area contributed by atoms with Gasteiger partial charge >= 0.3 is 0 Å². The van der Waals surface area contributed by atoms with E-state index < -0.39 is 0 Å². The molecule has 0 heterocycles. The van der Waals surface area contributed by atoms with Gasteiger partial charge in [-0.1, -0.05) is 0 Å². The molecule has 0 spiro atoms. The second-order valence-corrected chi connectivity index (χ2v) is 4.42. The maximum Gasteiger partial charge on any atom is 0.142 e. The predicted octanol–water partition coefficient (Wildman–Crippen LogP) is 1.61. The fourth-order valence-corrected chi connectivity index (χ4v) is 1.75. The van der Waals surface area contributed by atoms with E-state index in [9.17, 15) is 0 Å². The number of nitrogen functional groups attached to an aromatic ring is 1. The Morgan fingerprint density at radius 1 is 1.53 bits per heavy atom. The van der Waals surface area contributed by atoms with Gasteiger partial charge in [0.25, 0.3) is 0 Å². The van der Waals surface area contributed by atoms with Crippen LogP contribution in [0.3, 0.4) is 0 Å². The van der Waals surface area contributed by atoms with Crippen LogP contribution in [0.1, 0.15) is 18.4 Å². The van der Waals surface area contributed by atoms with E-state index in [1.165, 1.54) is 12.8 Å². The topological polar surface area (TPSA) is 62.3 Å². The highest BCUT2D eigenvalue weighted by atomic mass is 16.5. The van der Waals surface area contributed by atoms with E-state index in [-0.39, 0.29) is 0 Å². The lowest BCUT2D eigenvalue weighted by molar-refractivity contribution is 0.232. The van der Waals surface area contributed by atoms with Crippen LogP contribution < -0.4 is 10.5 Å². The Hall–Kier alpha value is -1.73. The van der Waals surface area contributed by atoms with Crippen LogP contribution >= 0.6 is 0 Å².